The molecule has 2 N–H and O–H groups in total. The van der Waals surface area contributed by atoms with Crippen molar-refractivity contribution in [2.24, 2.45) is 45.8 Å². The first-order chi connectivity index (χ1) is 19.9. The van der Waals surface area contributed by atoms with E-state index in [1.807, 2.05) is 19.1 Å². The first-order valence-corrected chi connectivity index (χ1v) is 16.4. The van der Waals surface area contributed by atoms with Gasteiger partial charge in [0, 0.05) is 5.54 Å². The van der Waals surface area contributed by atoms with Crippen molar-refractivity contribution in [1.29, 1.82) is 0 Å². The number of alkyl carbamates (subject to hydrolysis) is 1. The molecule has 0 saturated heterocycles. The number of methoxy groups -OCH3 is 1. The maximum atomic E-state index is 12.4. The van der Waals surface area contributed by atoms with Crippen molar-refractivity contribution >= 4 is 17.6 Å². The SMILES string of the molecule is C=CC.COC(=O)NC12CCCC1C1CCC3C4(C)CC=C(c5ccc(C(=O)O)cc5)C(C)C4CCC3(C)[C@]1(C)CC2. The number of rotatable bonds is 3. The van der Waals surface area contributed by atoms with E-state index in [1.54, 1.807) is 18.2 Å². The van der Waals surface area contributed by atoms with Crippen molar-refractivity contribution in [1.82, 2.24) is 5.32 Å². The number of carboxylic acids is 1. The number of carbonyl (C=O) groups excluding carboxylic acids is 1. The Hall–Kier alpha value is -2.56. The average molecular weight is 576 g/mol. The van der Waals surface area contributed by atoms with Crippen molar-refractivity contribution in [2.75, 3.05) is 7.11 Å². The minimum atomic E-state index is -0.867. The van der Waals surface area contributed by atoms with Gasteiger partial charge in [-0.15, -0.1) is 6.58 Å². The van der Waals surface area contributed by atoms with Crippen LogP contribution < -0.4 is 5.32 Å². The quantitative estimate of drug-likeness (QED) is 0.352. The number of carboxylic acid groups (broad SMARTS) is 1. The predicted octanol–water partition coefficient (Wildman–Crippen LogP) is 9.14. The summed E-state index contributed by atoms with van der Waals surface area (Å²) in [6.07, 6.45) is 16.0. The van der Waals surface area contributed by atoms with Gasteiger partial charge in [0.25, 0.3) is 0 Å². The van der Waals surface area contributed by atoms with E-state index in [-0.39, 0.29) is 17.0 Å². The Morgan fingerprint density at radius 2 is 1.64 bits per heavy atom. The standard InChI is InChI=1S/C34H47NO4.C3H6/c1-21-24(22-8-10-23(11-9-22)29(36)37)14-17-31(2)25(21)15-18-33(4)28(31)13-12-26-27-7-6-16-34(27,35-30(38)39-5)20-19-32(26,33)3;1-3-2/h8-11,14,21,25-28H,6-7,12-13,15-20H2,1-5H3,(H,35,38)(H,36,37);3H,1H2,2H3/t21?,25?,26?,27?,28?,31?,32-,33?,34?;/m1./s1. The topological polar surface area (TPSA) is 75.6 Å². The van der Waals surface area contributed by atoms with Crippen LogP contribution in [0.3, 0.4) is 0 Å². The number of aromatic carboxylic acids is 1. The molecule has 0 radical (unpaired) electrons. The summed E-state index contributed by atoms with van der Waals surface area (Å²) in [6, 6.07) is 7.51. The van der Waals surface area contributed by atoms with Crippen LogP contribution >= 0.6 is 0 Å². The third kappa shape index (κ3) is 4.56. The van der Waals surface area contributed by atoms with Crippen molar-refractivity contribution in [3.8, 4) is 0 Å². The molecule has 1 aromatic carbocycles. The summed E-state index contributed by atoms with van der Waals surface area (Å²) < 4.78 is 5.08. The molecule has 5 aliphatic carbocycles. The second-order valence-electron chi connectivity index (χ2n) is 14.9. The summed E-state index contributed by atoms with van der Waals surface area (Å²) >= 11 is 0. The van der Waals surface area contributed by atoms with Crippen molar-refractivity contribution in [3.05, 3.63) is 54.1 Å². The smallest absolute Gasteiger partial charge is 0.407 e. The van der Waals surface area contributed by atoms with Gasteiger partial charge in [-0.3, -0.25) is 0 Å². The van der Waals surface area contributed by atoms with Crippen LogP contribution in [0, 0.1) is 45.8 Å². The van der Waals surface area contributed by atoms with Gasteiger partial charge in [0.2, 0.25) is 0 Å². The molecule has 8 unspecified atom stereocenters. The van der Waals surface area contributed by atoms with Gasteiger partial charge in [0.05, 0.1) is 12.7 Å². The zero-order valence-corrected chi connectivity index (χ0v) is 26.8. The molecule has 1 aromatic rings. The lowest BCUT2D eigenvalue weighted by molar-refractivity contribution is -0.211. The van der Waals surface area contributed by atoms with Gasteiger partial charge in [-0.05, 0) is 134 Å². The summed E-state index contributed by atoms with van der Waals surface area (Å²) in [4.78, 5) is 23.8. The molecule has 0 aromatic heterocycles. The first kappa shape index (κ1) is 30.9. The summed E-state index contributed by atoms with van der Waals surface area (Å²) in [5.41, 5.74) is 3.73. The highest BCUT2D eigenvalue weighted by atomic mass is 16.5. The maximum absolute atomic E-state index is 12.4. The normalized spacial score (nSPS) is 41.8. The minimum absolute atomic E-state index is 0.0747. The Morgan fingerprint density at radius 3 is 2.29 bits per heavy atom. The number of carbonyl (C=O) groups is 2. The van der Waals surface area contributed by atoms with Crippen LogP contribution in [-0.4, -0.2) is 29.8 Å². The van der Waals surface area contributed by atoms with E-state index in [4.69, 9.17) is 4.74 Å². The van der Waals surface area contributed by atoms with Gasteiger partial charge < -0.3 is 15.2 Å². The molecule has 0 aliphatic heterocycles. The number of nitrogens with one attached hydrogen (secondary N) is 1. The van der Waals surface area contributed by atoms with Gasteiger partial charge in [-0.2, -0.15) is 0 Å². The van der Waals surface area contributed by atoms with Gasteiger partial charge >= 0.3 is 12.1 Å². The minimum Gasteiger partial charge on any atom is -0.478 e. The zero-order chi connectivity index (χ0) is 30.5. The van der Waals surface area contributed by atoms with Gasteiger partial charge in [-0.25, -0.2) is 9.59 Å². The molecule has 5 heteroatoms. The van der Waals surface area contributed by atoms with Crippen LogP contribution in [0.5, 0.6) is 0 Å². The predicted molar refractivity (Wildman–Crippen MR) is 169 cm³/mol. The Kier molecular flexibility index (Phi) is 8.22. The number of ether oxygens (including phenoxy) is 1. The monoisotopic (exact) mass is 575 g/mol. The van der Waals surface area contributed by atoms with E-state index in [2.05, 4.69) is 45.7 Å². The fourth-order valence-electron chi connectivity index (χ4n) is 11.5. The van der Waals surface area contributed by atoms with Gasteiger partial charge in [-0.1, -0.05) is 58.4 Å². The van der Waals surface area contributed by atoms with Crippen LogP contribution in [-0.2, 0) is 4.74 Å². The van der Waals surface area contributed by atoms with E-state index in [9.17, 15) is 14.7 Å². The van der Waals surface area contributed by atoms with E-state index in [0.717, 1.165) is 19.3 Å². The number of allylic oxidation sites excluding steroid dienone is 3. The maximum Gasteiger partial charge on any atom is 0.407 e. The van der Waals surface area contributed by atoms with Crippen molar-refractivity contribution in [3.63, 3.8) is 0 Å². The molecule has 4 fully saturated rings. The van der Waals surface area contributed by atoms with Crippen molar-refractivity contribution in [2.45, 2.75) is 104 Å². The third-order valence-corrected chi connectivity index (χ3v) is 13.6. The van der Waals surface area contributed by atoms with Crippen LogP contribution in [0.1, 0.15) is 115 Å². The molecule has 5 aliphatic rings. The third-order valence-electron chi connectivity index (χ3n) is 13.6. The highest BCUT2D eigenvalue weighted by Crippen LogP contribution is 2.75. The Balaban J connectivity index is 0.00000113. The van der Waals surface area contributed by atoms with E-state index in [0.29, 0.717) is 46.0 Å². The lowest BCUT2D eigenvalue weighted by Gasteiger charge is -2.71. The Morgan fingerprint density at radius 1 is 0.952 bits per heavy atom. The summed E-state index contributed by atoms with van der Waals surface area (Å²) in [6.45, 7) is 15.5. The number of hydrogen-bond donors (Lipinski definition) is 2. The average Bonchev–Trinajstić information content (AvgIpc) is 3.37. The Labute approximate surface area is 253 Å². The molecule has 0 spiro atoms. The first-order valence-electron chi connectivity index (χ1n) is 16.4. The molecular formula is C37H53NO4. The van der Waals surface area contributed by atoms with E-state index >= 15 is 0 Å². The van der Waals surface area contributed by atoms with Crippen molar-refractivity contribution < 1.29 is 19.4 Å². The molecule has 9 atom stereocenters. The largest absolute Gasteiger partial charge is 0.478 e. The second-order valence-corrected chi connectivity index (χ2v) is 14.9. The lowest BCUT2D eigenvalue weighted by atomic mass is 9.34. The molecule has 6 rings (SSSR count). The summed E-state index contributed by atoms with van der Waals surface area (Å²) in [5.74, 6) is 2.16. The molecule has 1 amide bonds. The molecule has 5 nitrogen and oxygen atoms in total. The number of amides is 1. The molecule has 4 saturated carbocycles. The lowest BCUT2D eigenvalue weighted by Crippen LogP contribution is -2.67. The summed E-state index contributed by atoms with van der Waals surface area (Å²) in [5, 5.41) is 12.7. The fourth-order valence-corrected chi connectivity index (χ4v) is 11.5. The molecular weight excluding hydrogens is 522 g/mol. The van der Waals surface area contributed by atoms with Crippen LogP contribution in [0.4, 0.5) is 4.79 Å². The second kappa shape index (κ2) is 11.2. The highest BCUT2D eigenvalue weighted by molar-refractivity contribution is 5.88. The molecule has 230 valence electrons. The highest BCUT2D eigenvalue weighted by Gasteiger charge is 2.68. The number of benzene rings is 1. The fraction of sp³-hybridized carbons (Fsp3) is 0.676. The Bertz CT molecular complexity index is 1240. The zero-order valence-electron chi connectivity index (χ0n) is 26.8. The molecule has 42 heavy (non-hydrogen) atoms. The van der Waals surface area contributed by atoms with E-state index in [1.165, 1.54) is 63.2 Å². The molecule has 0 bridgehead atoms. The summed E-state index contributed by atoms with van der Waals surface area (Å²) in [7, 11) is 1.49. The number of fused-ring (bicyclic) bond motifs is 7. The number of hydrogen-bond acceptors (Lipinski definition) is 3. The van der Waals surface area contributed by atoms with Crippen LogP contribution in [0.25, 0.3) is 5.57 Å². The van der Waals surface area contributed by atoms with E-state index < -0.39 is 5.97 Å². The van der Waals surface area contributed by atoms with Gasteiger partial charge in [0.1, 0.15) is 0 Å². The van der Waals surface area contributed by atoms with Gasteiger partial charge in [0.15, 0.2) is 0 Å². The van der Waals surface area contributed by atoms with Crippen LogP contribution in [0.15, 0.2) is 43.0 Å². The molecule has 0 heterocycles. The van der Waals surface area contributed by atoms with Crippen LogP contribution in [0.2, 0.25) is 0 Å².